The minimum atomic E-state index is -1.13. The molecule has 0 bridgehead atoms. The number of amides is 1. The zero-order valence-corrected chi connectivity index (χ0v) is 10.4. The van der Waals surface area contributed by atoms with Crippen molar-refractivity contribution in [1.29, 1.82) is 0 Å². The number of aldehydes is 1. The molecule has 1 fully saturated rings. The summed E-state index contributed by atoms with van der Waals surface area (Å²) in [7, 11) is 0. The van der Waals surface area contributed by atoms with Gasteiger partial charge >= 0.3 is 6.09 Å². The molecular formula is C11H19NO4. The lowest BCUT2D eigenvalue weighted by Crippen LogP contribution is -2.62. The number of carbonyl (C=O) groups excluding carboxylic acids is 1. The normalized spacial score (nSPS) is 29.2. The lowest BCUT2D eigenvalue weighted by molar-refractivity contribution is -0.124. The number of ether oxygens (including phenoxy) is 1. The summed E-state index contributed by atoms with van der Waals surface area (Å²) >= 11 is 0. The Kier molecular flexibility index (Phi) is 2.79. The van der Waals surface area contributed by atoms with Gasteiger partial charge in [-0.25, -0.2) is 4.79 Å². The van der Waals surface area contributed by atoms with E-state index in [1.807, 2.05) is 20.8 Å². The van der Waals surface area contributed by atoms with Gasteiger partial charge in [0.15, 0.2) is 0 Å². The van der Waals surface area contributed by atoms with Crippen LogP contribution < -0.4 is 0 Å². The van der Waals surface area contributed by atoms with Crippen molar-refractivity contribution in [2.24, 2.45) is 5.41 Å². The highest BCUT2D eigenvalue weighted by atomic mass is 16.5. The zero-order valence-electron chi connectivity index (χ0n) is 10.4. The quantitative estimate of drug-likeness (QED) is 0.695. The van der Waals surface area contributed by atoms with Crippen molar-refractivity contribution in [2.75, 3.05) is 6.61 Å². The molecule has 0 aromatic carbocycles. The van der Waals surface area contributed by atoms with E-state index in [9.17, 15) is 14.7 Å². The van der Waals surface area contributed by atoms with Gasteiger partial charge in [0.2, 0.25) is 0 Å². The summed E-state index contributed by atoms with van der Waals surface area (Å²) in [5, 5.41) is 9.27. The number of carboxylic acid groups (broad SMARTS) is 1. The highest BCUT2D eigenvalue weighted by Crippen LogP contribution is 2.44. The van der Waals surface area contributed by atoms with Crippen molar-refractivity contribution < 1.29 is 19.4 Å². The summed E-state index contributed by atoms with van der Waals surface area (Å²) in [5.74, 6) is 0. The predicted molar refractivity (Wildman–Crippen MR) is 58.1 cm³/mol. The molecule has 1 saturated heterocycles. The molecule has 1 aliphatic heterocycles. The van der Waals surface area contributed by atoms with E-state index in [4.69, 9.17) is 4.74 Å². The molecule has 1 aliphatic rings. The number of nitrogens with zero attached hydrogens (tertiary/aromatic N) is 1. The van der Waals surface area contributed by atoms with Gasteiger partial charge in [0.1, 0.15) is 17.6 Å². The molecule has 1 rings (SSSR count). The van der Waals surface area contributed by atoms with E-state index in [1.54, 1.807) is 13.8 Å². The average Bonchev–Trinajstić information content (AvgIpc) is 2.36. The Hall–Kier alpha value is -1.10. The van der Waals surface area contributed by atoms with Crippen LogP contribution in [-0.4, -0.2) is 40.3 Å². The van der Waals surface area contributed by atoms with Gasteiger partial charge in [-0.2, -0.15) is 0 Å². The highest BCUT2D eigenvalue weighted by molar-refractivity contribution is 5.78. The Labute approximate surface area is 95.4 Å². The highest BCUT2D eigenvalue weighted by Gasteiger charge is 2.60. The molecule has 0 spiro atoms. The Morgan fingerprint density at radius 3 is 2.19 bits per heavy atom. The minimum absolute atomic E-state index is 0.0965. The molecule has 1 unspecified atom stereocenters. The van der Waals surface area contributed by atoms with Gasteiger partial charge in [0.05, 0.1) is 6.61 Å². The molecule has 0 aromatic heterocycles. The second-order valence-corrected chi connectivity index (χ2v) is 5.65. The van der Waals surface area contributed by atoms with Crippen LogP contribution in [-0.2, 0) is 9.53 Å². The maximum atomic E-state index is 11.4. The SMILES string of the molecule is CC1(C)OCC(C=O)(C(C)(C)C)N1C(=O)O. The van der Waals surface area contributed by atoms with E-state index in [-0.39, 0.29) is 6.61 Å². The standard InChI is InChI=1S/C11H19NO4/c1-9(2,3)11(6-13)7-16-10(4,5)12(11)8(14)15/h6H,7H2,1-5H3,(H,14,15). The third-order valence-electron chi connectivity index (χ3n) is 3.27. The Balaban J connectivity index is 3.32. The second kappa shape index (κ2) is 3.45. The molecule has 1 heterocycles. The van der Waals surface area contributed by atoms with Crippen molar-refractivity contribution in [3.63, 3.8) is 0 Å². The first kappa shape index (κ1) is 13.0. The molecular weight excluding hydrogens is 210 g/mol. The minimum Gasteiger partial charge on any atom is -0.465 e. The summed E-state index contributed by atoms with van der Waals surface area (Å²) in [6, 6.07) is 0. The molecule has 0 aromatic rings. The first-order valence-electron chi connectivity index (χ1n) is 5.22. The van der Waals surface area contributed by atoms with Crippen LogP contribution in [0.1, 0.15) is 34.6 Å². The van der Waals surface area contributed by atoms with Crippen molar-refractivity contribution >= 4 is 12.4 Å². The third-order valence-corrected chi connectivity index (χ3v) is 3.27. The summed E-state index contributed by atoms with van der Waals surface area (Å²) in [5.41, 5.74) is -2.61. The fourth-order valence-corrected chi connectivity index (χ4v) is 2.11. The average molecular weight is 229 g/mol. The molecule has 1 atom stereocenters. The first-order chi connectivity index (χ1) is 7.08. The number of hydrogen-bond acceptors (Lipinski definition) is 3. The molecule has 5 nitrogen and oxygen atoms in total. The smallest absolute Gasteiger partial charge is 0.410 e. The van der Waals surface area contributed by atoms with Gasteiger partial charge in [0.25, 0.3) is 0 Å². The second-order valence-electron chi connectivity index (χ2n) is 5.65. The van der Waals surface area contributed by atoms with Gasteiger partial charge in [-0.05, 0) is 19.3 Å². The number of carbonyl (C=O) groups is 2. The van der Waals surface area contributed by atoms with Crippen molar-refractivity contribution in [3.8, 4) is 0 Å². The van der Waals surface area contributed by atoms with Gasteiger partial charge in [0, 0.05) is 0 Å². The lowest BCUT2D eigenvalue weighted by atomic mass is 9.74. The summed E-state index contributed by atoms with van der Waals surface area (Å²) in [6.07, 6.45) is -0.444. The Morgan fingerprint density at radius 2 is 1.94 bits per heavy atom. The summed E-state index contributed by atoms with van der Waals surface area (Å²) in [4.78, 5) is 23.8. The van der Waals surface area contributed by atoms with Crippen LogP contribution in [0.5, 0.6) is 0 Å². The molecule has 92 valence electrons. The topological polar surface area (TPSA) is 66.8 Å². The summed E-state index contributed by atoms with van der Waals surface area (Å²) < 4.78 is 5.46. The lowest BCUT2D eigenvalue weighted by Gasteiger charge is -2.44. The Morgan fingerprint density at radius 1 is 1.44 bits per heavy atom. The van der Waals surface area contributed by atoms with E-state index in [2.05, 4.69) is 0 Å². The molecule has 5 heteroatoms. The van der Waals surface area contributed by atoms with Crippen LogP contribution >= 0.6 is 0 Å². The van der Waals surface area contributed by atoms with Crippen LogP contribution in [0.4, 0.5) is 4.79 Å². The van der Waals surface area contributed by atoms with Crippen LogP contribution in [0.2, 0.25) is 0 Å². The molecule has 1 amide bonds. The molecule has 0 aliphatic carbocycles. The Bertz CT molecular complexity index is 315. The third kappa shape index (κ3) is 1.59. The van der Waals surface area contributed by atoms with E-state index in [0.29, 0.717) is 6.29 Å². The molecule has 0 radical (unpaired) electrons. The maximum absolute atomic E-state index is 11.4. The van der Waals surface area contributed by atoms with E-state index in [1.165, 1.54) is 0 Å². The molecule has 16 heavy (non-hydrogen) atoms. The van der Waals surface area contributed by atoms with Crippen LogP contribution in [0.25, 0.3) is 0 Å². The van der Waals surface area contributed by atoms with Crippen molar-refractivity contribution in [3.05, 3.63) is 0 Å². The van der Waals surface area contributed by atoms with Gasteiger partial charge in [-0.1, -0.05) is 20.8 Å². The van der Waals surface area contributed by atoms with Gasteiger partial charge in [-0.15, -0.1) is 0 Å². The van der Waals surface area contributed by atoms with E-state index >= 15 is 0 Å². The fraction of sp³-hybridized carbons (Fsp3) is 0.818. The maximum Gasteiger partial charge on any atom is 0.410 e. The van der Waals surface area contributed by atoms with Gasteiger partial charge < -0.3 is 14.6 Å². The van der Waals surface area contributed by atoms with Crippen molar-refractivity contribution in [2.45, 2.75) is 45.9 Å². The van der Waals surface area contributed by atoms with E-state index < -0.39 is 22.8 Å². The van der Waals surface area contributed by atoms with E-state index in [0.717, 1.165) is 4.90 Å². The number of hydrogen-bond donors (Lipinski definition) is 1. The van der Waals surface area contributed by atoms with Crippen molar-refractivity contribution in [1.82, 2.24) is 4.90 Å². The van der Waals surface area contributed by atoms with Gasteiger partial charge in [-0.3, -0.25) is 4.90 Å². The molecule has 1 N–H and O–H groups in total. The van der Waals surface area contributed by atoms with Crippen LogP contribution in [0.15, 0.2) is 0 Å². The predicted octanol–water partition coefficient (Wildman–Crippen LogP) is 1.72. The zero-order chi connectivity index (χ0) is 12.8. The van der Waals surface area contributed by atoms with Crippen LogP contribution in [0.3, 0.4) is 0 Å². The molecule has 0 saturated carbocycles. The first-order valence-corrected chi connectivity index (χ1v) is 5.22. The summed E-state index contributed by atoms with van der Waals surface area (Å²) in [6.45, 7) is 8.90. The number of rotatable bonds is 1. The fourth-order valence-electron chi connectivity index (χ4n) is 2.11. The monoisotopic (exact) mass is 229 g/mol. The largest absolute Gasteiger partial charge is 0.465 e. The van der Waals surface area contributed by atoms with Crippen LogP contribution in [0, 0.1) is 5.41 Å².